The summed E-state index contributed by atoms with van der Waals surface area (Å²) in [6.07, 6.45) is 6.75. The number of hydrogen-bond acceptors (Lipinski definition) is 4. The molecule has 2 heterocycles. The maximum atomic E-state index is 12.3. The lowest BCUT2D eigenvalue weighted by atomic mass is 10.2. The van der Waals surface area contributed by atoms with E-state index in [1.165, 1.54) is 6.20 Å². The summed E-state index contributed by atoms with van der Waals surface area (Å²) >= 11 is 6.17. The Morgan fingerprint density at radius 1 is 1.04 bits per heavy atom. The van der Waals surface area contributed by atoms with Crippen molar-refractivity contribution in [3.05, 3.63) is 101 Å². The quantitative estimate of drug-likeness (QED) is 0.463. The molecule has 0 unspecified atom stereocenters. The maximum absolute atomic E-state index is 12.3. The number of carbonyl (C=O) groups excluding carboxylic acids is 1. The molecule has 6 nitrogen and oxygen atoms in total. The molecule has 28 heavy (non-hydrogen) atoms. The van der Waals surface area contributed by atoms with Gasteiger partial charge in [-0.15, -0.1) is 0 Å². The van der Waals surface area contributed by atoms with Crippen molar-refractivity contribution < 1.29 is 9.53 Å². The van der Waals surface area contributed by atoms with Gasteiger partial charge in [-0.25, -0.2) is 9.48 Å². The summed E-state index contributed by atoms with van der Waals surface area (Å²) in [6.45, 7) is 0.676. The van der Waals surface area contributed by atoms with Crippen LogP contribution in [-0.2, 0) is 17.9 Å². The molecule has 0 aliphatic rings. The van der Waals surface area contributed by atoms with Crippen LogP contribution in [0.15, 0.2) is 79.4 Å². The molecule has 4 aromatic rings. The number of carbonyl (C=O) groups is 1. The van der Waals surface area contributed by atoms with Crippen LogP contribution in [0.25, 0.3) is 5.69 Å². The first-order valence-corrected chi connectivity index (χ1v) is 9.09. The van der Waals surface area contributed by atoms with E-state index in [0.717, 1.165) is 16.8 Å². The molecule has 0 bridgehead atoms. The van der Waals surface area contributed by atoms with E-state index in [0.29, 0.717) is 17.1 Å². The predicted octanol–water partition coefficient (Wildman–Crippen LogP) is 4.13. The molecule has 0 saturated carbocycles. The predicted molar refractivity (Wildman–Crippen MR) is 105 cm³/mol. The number of esters is 1. The highest BCUT2D eigenvalue weighted by Crippen LogP contribution is 2.16. The summed E-state index contributed by atoms with van der Waals surface area (Å²) in [5.74, 6) is -0.415. The molecular formula is C21H17ClN4O2. The Labute approximate surface area is 166 Å². The van der Waals surface area contributed by atoms with Gasteiger partial charge in [0.2, 0.25) is 0 Å². The molecule has 0 radical (unpaired) electrons. The molecule has 2 aromatic heterocycles. The fourth-order valence-corrected chi connectivity index (χ4v) is 2.95. The van der Waals surface area contributed by atoms with Crippen LogP contribution in [-0.4, -0.2) is 25.5 Å². The lowest BCUT2D eigenvalue weighted by Crippen LogP contribution is -2.05. The van der Waals surface area contributed by atoms with Gasteiger partial charge < -0.3 is 4.74 Å². The van der Waals surface area contributed by atoms with Crippen LogP contribution in [0, 0.1) is 0 Å². The van der Waals surface area contributed by atoms with Crippen LogP contribution < -0.4 is 0 Å². The molecule has 0 fully saturated rings. The SMILES string of the molecule is O=C(OCc1ccc(-n2cccn2)cc1)c1cnn(Cc2ccccc2Cl)c1. The third-order valence-electron chi connectivity index (χ3n) is 4.23. The average Bonchev–Trinajstić information content (AvgIpc) is 3.41. The van der Waals surface area contributed by atoms with E-state index in [1.807, 2.05) is 60.8 Å². The van der Waals surface area contributed by atoms with Gasteiger partial charge in [0, 0.05) is 23.6 Å². The van der Waals surface area contributed by atoms with Gasteiger partial charge in [0.1, 0.15) is 6.61 Å². The van der Waals surface area contributed by atoms with Crippen LogP contribution in [0.4, 0.5) is 0 Å². The molecule has 0 atom stereocenters. The van der Waals surface area contributed by atoms with Crippen molar-refractivity contribution in [3.63, 3.8) is 0 Å². The van der Waals surface area contributed by atoms with Gasteiger partial charge in [-0.2, -0.15) is 10.2 Å². The van der Waals surface area contributed by atoms with Crippen molar-refractivity contribution in [2.24, 2.45) is 0 Å². The molecule has 4 rings (SSSR count). The largest absolute Gasteiger partial charge is 0.457 e. The Bertz CT molecular complexity index is 1070. The highest BCUT2D eigenvalue weighted by molar-refractivity contribution is 6.31. The highest BCUT2D eigenvalue weighted by atomic mass is 35.5. The number of nitrogens with zero attached hydrogens (tertiary/aromatic N) is 4. The number of benzene rings is 2. The van der Waals surface area contributed by atoms with Crippen molar-refractivity contribution in [2.75, 3.05) is 0 Å². The van der Waals surface area contributed by atoms with Crippen molar-refractivity contribution in [3.8, 4) is 5.69 Å². The Morgan fingerprint density at radius 2 is 1.86 bits per heavy atom. The zero-order chi connectivity index (χ0) is 19.3. The van der Waals surface area contributed by atoms with Crippen molar-refractivity contribution in [1.29, 1.82) is 0 Å². The van der Waals surface area contributed by atoms with E-state index in [-0.39, 0.29) is 6.61 Å². The minimum Gasteiger partial charge on any atom is -0.457 e. The van der Waals surface area contributed by atoms with Crippen LogP contribution in [0.2, 0.25) is 5.02 Å². The third-order valence-corrected chi connectivity index (χ3v) is 4.60. The fourth-order valence-electron chi connectivity index (χ4n) is 2.76. The van der Waals surface area contributed by atoms with Crippen molar-refractivity contribution in [2.45, 2.75) is 13.2 Å². The van der Waals surface area contributed by atoms with Gasteiger partial charge >= 0.3 is 5.97 Å². The normalized spacial score (nSPS) is 10.8. The van der Waals surface area contributed by atoms with E-state index in [2.05, 4.69) is 10.2 Å². The monoisotopic (exact) mass is 392 g/mol. The smallest absolute Gasteiger partial charge is 0.341 e. The Balaban J connectivity index is 1.35. The number of hydrogen-bond donors (Lipinski definition) is 0. The van der Waals surface area contributed by atoms with Crippen molar-refractivity contribution in [1.82, 2.24) is 19.6 Å². The van der Waals surface area contributed by atoms with E-state index >= 15 is 0 Å². The Morgan fingerprint density at radius 3 is 2.61 bits per heavy atom. The number of aromatic nitrogens is 4. The summed E-state index contributed by atoms with van der Waals surface area (Å²) < 4.78 is 8.82. The summed E-state index contributed by atoms with van der Waals surface area (Å²) in [6, 6.07) is 17.1. The van der Waals surface area contributed by atoms with E-state index in [1.54, 1.807) is 21.8 Å². The zero-order valence-corrected chi connectivity index (χ0v) is 15.7. The lowest BCUT2D eigenvalue weighted by Gasteiger charge is -2.06. The highest BCUT2D eigenvalue weighted by Gasteiger charge is 2.11. The fraction of sp³-hybridized carbons (Fsp3) is 0.0952. The number of ether oxygens (including phenoxy) is 1. The first kappa shape index (κ1) is 18.0. The minimum absolute atomic E-state index is 0.188. The van der Waals surface area contributed by atoms with Crippen LogP contribution in [0.3, 0.4) is 0 Å². The molecule has 0 N–H and O–H groups in total. The minimum atomic E-state index is -0.415. The maximum Gasteiger partial charge on any atom is 0.341 e. The summed E-state index contributed by atoms with van der Waals surface area (Å²) in [5.41, 5.74) is 3.18. The van der Waals surface area contributed by atoms with Gasteiger partial charge in [-0.05, 0) is 35.4 Å². The average molecular weight is 393 g/mol. The molecule has 0 spiro atoms. The second-order valence-electron chi connectivity index (χ2n) is 6.21. The molecule has 0 saturated heterocycles. The summed E-state index contributed by atoms with van der Waals surface area (Å²) in [5, 5.41) is 9.06. The Kier molecular flexibility index (Phi) is 5.21. The first-order valence-electron chi connectivity index (χ1n) is 8.71. The molecular weight excluding hydrogens is 376 g/mol. The standard InChI is InChI=1S/C21H17ClN4O2/c22-20-5-2-1-4-17(20)13-25-14-18(12-24-25)21(27)28-15-16-6-8-19(9-7-16)26-11-3-10-23-26/h1-12,14H,13,15H2. The van der Waals surface area contributed by atoms with Crippen LogP contribution >= 0.6 is 11.6 Å². The molecule has 0 aliphatic heterocycles. The van der Waals surface area contributed by atoms with Gasteiger partial charge in [0.15, 0.2) is 0 Å². The van der Waals surface area contributed by atoms with E-state index in [9.17, 15) is 4.79 Å². The van der Waals surface area contributed by atoms with Gasteiger partial charge in [0.05, 0.1) is 24.0 Å². The first-order chi connectivity index (χ1) is 13.7. The van der Waals surface area contributed by atoms with Gasteiger partial charge in [-0.1, -0.05) is 41.9 Å². The van der Waals surface area contributed by atoms with Crippen LogP contribution in [0.1, 0.15) is 21.5 Å². The topological polar surface area (TPSA) is 61.9 Å². The third kappa shape index (κ3) is 4.13. The zero-order valence-electron chi connectivity index (χ0n) is 14.9. The van der Waals surface area contributed by atoms with Gasteiger partial charge in [0.25, 0.3) is 0 Å². The molecule has 0 aliphatic carbocycles. The Hall–Kier alpha value is -3.38. The number of rotatable bonds is 6. The molecule has 140 valence electrons. The second-order valence-corrected chi connectivity index (χ2v) is 6.62. The molecule has 2 aromatic carbocycles. The van der Waals surface area contributed by atoms with Crippen LogP contribution in [0.5, 0.6) is 0 Å². The molecule has 7 heteroatoms. The van der Waals surface area contributed by atoms with Crippen molar-refractivity contribution >= 4 is 17.6 Å². The molecule has 0 amide bonds. The van der Waals surface area contributed by atoms with Gasteiger partial charge in [-0.3, -0.25) is 4.68 Å². The summed E-state index contributed by atoms with van der Waals surface area (Å²) in [4.78, 5) is 12.3. The van der Waals surface area contributed by atoms with E-state index in [4.69, 9.17) is 16.3 Å². The lowest BCUT2D eigenvalue weighted by molar-refractivity contribution is 0.0472. The summed E-state index contributed by atoms with van der Waals surface area (Å²) in [7, 11) is 0. The van der Waals surface area contributed by atoms with E-state index < -0.39 is 5.97 Å². The number of halogens is 1. The second kappa shape index (κ2) is 8.10.